The van der Waals surface area contributed by atoms with Crippen LogP contribution in [0, 0.1) is 6.92 Å². The van der Waals surface area contributed by atoms with E-state index in [1.807, 2.05) is 0 Å². The maximum atomic E-state index is 12.1. The van der Waals surface area contributed by atoms with Crippen LogP contribution in [0.1, 0.15) is 5.69 Å². The highest BCUT2D eigenvalue weighted by molar-refractivity contribution is 6.45. The van der Waals surface area contributed by atoms with Gasteiger partial charge < -0.3 is 0 Å². The molecular weight excluding hydrogens is 229 g/mol. The highest BCUT2D eigenvalue weighted by Gasteiger charge is 2.30. The van der Waals surface area contributed by atoms with Gasteiger partial charge in [-0.3, -0.25) is 0 Å². The van der Waals surface area contributed by atoms with Crippen molar-refractivity contribution in [1.29, 1.82) is 0 Å². The first kappa shape index (κ1) is 11.8. The molecule has 0 atom stereocenters. The molecule has 6 heteroatoms. The summed E-state index contributed by atoms with van der Waals surface area (Å²) >= 11 is 5.65. The summed E-state index contributed by atoms with van der Waals surface area (Å²) in [5, 5.41) is 3.62. The second-order valence-electron chi connectivity index (χ2n) is 2.87. The van der Waals surface area contributed by atoms with Crippen molar-refractivity contribution in [2.45, 2.75) is 13.1 Å². The monoisotopic (exact) mass is 236 g/mol. The fourth-order valence-electron chi connectivity index (χ4n) is 0.880. The van der Waals surface area contributed by atoms with Gasteiger partial charge in [-0.2, -0.15) is 18.3 Å². The summed E-state index contributed by atoms with van der Waals surface area (Å²) in [6.07, 6.45) is -2.29. The van der Waals surface area contributed by atoms with Gasteiger partial charge in [0.1, 0.15) is 5.16 Å². The Morgan fingerprint density at radius 1 is 1.60 bits per heavy atom. The highest BCUT2D eigenvalue weighted by atomic mass is 35.5. The van der Waals surface area contributed by atoms with Crippen molar-refractivity contribution in [3.05, 3.63) is 36.2 Å². The molecule has 0 aromatic carbocycles. The minimum Gasteiger partial charge on any atom is -0.227 e. The molecule has 0 aliphatic heterocycles. The number of halogens is 4. The average molecular weight is 237 g/mol. The molecule has 1 rings (SSSR count). The van der Waals surface area contributed by atoms with Crippen LogP contribution in [0.3, 0.4) is 0 Å². The normalized spacial score (nSPS) is 13.0. The number of allylic oxidation sites excluding steroid dienone is 2. The zero-order valence-electron chi connectivity index (χ0n) is 7.85. The van der Waals surface area contributed by atoms with Gasteiger partial charge in [0.15, 0.2) is 0 Å². The Balaban J connectivity index is 2.96. The predicted molar refractivity (Wildman–Crippen MR) is 52.3 cm³/mol. The summed E-state index contributed by atoms with van der Waals surface area (Å²) in [6.45, 7) is 4.56. The Bertz CT molecular complexity index is 404. The van der Waals surface area contributed by atoms with Crippen LogP contribution in [0.25, 0.3) is 5.16 Å². The largest absolute Gasteiger partial charge is 0.415 e. The lowest BCUT2D eigenvalue weighted by molar-refractivity contribution is -0.0877. The van der Waals surface area contributed by atoms with Crippen LogP contribution >= 0.6 is 11.6 Å². The summed E-state index contributed by atoms with van der Waals surface area (Å²) in [6, 6.07) is 1.63. The molecule has 1 aromatic rings. The van der Waals surface area contributed by atoms with Crippen LogP contribution in [0.2, 0.25) is 0 Å². The molecule has 0 bridgehead atoms. The van der Waals surface area contributed by atoms with Crippen molar-refractivity contribution in [2.24, 2.45) is 0 Å². The lowest BCUT2D eigenvalue weighted by Gasteiger charge is -2.07. The number of nitrogens with zero attached hydrogens (tertiary/aromatic N) is 2. The van der Waals surface area contributed by atoms with E-state index in [1.54, 1.807) is 13.0 Å². The van der Waals surface area contributed by atoms with Gasteiger partial charge in [0.05, 0.1) is 5.57 Å². The highest BCUT2D eigenvalue weighted by Crippen LogP contribution is 2.27. The minimum absolute atomic E-state index is 0.139. The second-order valence-corrected chi connectivity index (χ2v) is 3.26. The van der Waals surface area contributed by atoms with E-state index in [2.05, 4.69) is 11.7 Å². The number of alkyl halides is 3. The van der Waals surface area contributed by atoms with Crippen LogP contribution < -0.4 is 0 Å². The van der Waals surface area contributed by atoms with Crippen molar-refractivity contribution >= 4 is 16.8 Å². The summed E-state index contributed by atoms with van der Waals surface area (Å²) in [5.41, 5.74) is -0.367. The van der Waals surface area contributed by atoms with E-state index in [0.29, 0.717) is 5.69 Å². The molecule has 15 heavy (non-hydrogen) atoms. The molecule has 0 aliphatic carbocycles. The number of hydrogen-bond donors (Lipinski definition) is 0. The Hall–Kier alpha value is -1.23. The molecule has 0 amide bonds. The number of aromatic nitrogens is 2. The number of aryl methyl sites for hydroxylation is 1. The number of rotatable bonds is 2. The smallest absolute Gasteiger partial charge is 0.227 e. The van der Waals surface area contributed by atoms with E-state index in [1.165, 1.54) is 10.9 Å². The fourth-order valence-corrected chi connectivity index (χ4v) is 1.19. The third kappa shape index (κ3) is 2.86. The van der Waals surface area contributed by atoms with Gasteiger partial charge >= 0.3 is 6.18 Å². The Labute approximate surface area is 89.6 Å². The van der Waals surface area contributed by atoms with E-state index in [-0.39, 0.29) is 5.16 Å². The molecule has 82 valence electrons. The molecule has 0 saturated carbocycles. The van der Waals surface area contributed by atoms with Crippen LogP contribution in [0.5, 0.6) is 0 Å². The Morgan fingerprint density at radius 2 is 2.20 bits per heavy atom. The van der Waals surface area contributed by atoms with Gasteiger partial charge in [-0.1, -0.05) is 18.2 Å². The molecule has 0 saturated heterocycles. The van der Waals surface area contributed by atoms with Crippen LogP contribution in [-0.2, 0) is 0 Å². The van der Waals surface area contributed by atoms with Crippen LogP contribution in [-0.4, -0.2) is 16.0 Å². The molecule has 0 aliphatic rings. The SMILES string of the molecule is C=C(/C=C(/Cl)n1nccc1C)C(F)(F)F. The van der Waals surface area contributed by atoms with Crippen molar-refractivity contribution in [3.63, 3.8) is 0 Å². The standard InChI is InChI=1S/C9H8ClF3N2/c1-6(9(11,12)13)5-8(10)15-7(2)3-4-14-15/h3-5H,1H2,2H3/b8-5-. The molecule has 1 aromatic heterocycles. The van der Waals surface area contributed by atoms with Crippen molar-refractivity contribution in [1.82, 2.24) is 9.78 Å². The zero-order valence-corrected chi connectivity index (χ0v) is 8.60. The summed E-state index contributed by atoms with van der Waals surface area (Å²) in [4.78, 5) is 0. The molecule has 0 radical (unpaired) electrons. The minimum atomic E-state index is -4.47. The maximum absolute atomic E-state index is 12.1. The average Bonchev–Trinajstić information content (AvgIpc) is 2.49. The third-order valence-corrected chi connectivity index (χ3v) is 1.96. The zero-order chi connectivity index (χ0) is 11.6. The molecule has 0 unspecified atom stereocenters. The molecule has 1 heterocycles. The van der Waals surface area contributed by atoms with Crippen LogP contribution in [0.4, 0.5) is 13.2 Å². The van der Waals surface area contributed by atoms with Crippen LogP contribution in [0.15, 0.2) is 30.5 Å². The first-order valence-electron chi connectivity index (χ1n) is 3.96. The van der Waals surface area contributed by atoms with E-state index in [0.717, 1.165) is 6.08 Å². The van der Waals surface area contributed by atoms with Gasteiger partial charge in [-0.05, 0) is 19.1 Å². The summed E-state index contributed by atoms with van der Waals surface area (Å²) < 4.78 is 37.6. The van der Waals surface area contributed by atoms with Gasteiger partial charge in [0.2, 0.25) is 0 Å². The molecule has 0 fully saturated rings. The fraction of sp³-hybridized carbons (Fsp3) is 0.222. The first-order chi connectivity index (χ1) is 6.82. The van der Waals surface area contributed by atoms with E-state index >= 15 is 0 Å². The van der Waals surface area contributed by atoms with Gasteiger partial charge in [-0.15, -0.1) is 0 Å². The van der Waals surface area contributed by atoms with Crippen molar-refractivity contribution in [3.8, 4) is 0 Å². The maximum Gasteiger partial charge on any atom is 0.415 e. The predicted octanol–water partition coefficient (Wildman–Crippen LogP) is 3.35. The summed E-state index contributed by atoms with van der Waals surface area (Å²) in [5.74, 6) is 0. The second kappa shape index (κ2) is 4.10. The first-order valence-corrected chi connectivity index (χ1v) is 4.34. The molecule has 0 N–H and O–H groups in total. The lowest BCUT2D eigenvalue weighted by atomic mass is 10.3. The lowest BCUT2D eigenvalue weighted by Crippen LogP contribution is -2.09. The molecule has 2 nitrogen and oxygen atoms in total. The Kier molecular flexibility index (Phi) is 3.24. The van der Waals surface area contributed by atoms with Gasteiger partial charge in [-0.25, -0.2) is 4.68 Å². The summed E-state index contributed by atoms with van der Waals surface area (Å²) in [7, 11) is 0. The van der Waals surface area contributed by atoms with E-state index < -0.39 is 11.7 Å². The quantitative estimate of drug-likeness (QED) is 0.720. The van der Waals surface area contributed by atoms with Crippen molar-refractivity contribution in [2.75, 3.05) is 0 Å². The molecule has 0 spiro atoms. The Morgan fingerprint density at radius 3 is 2.60 bits per heavy atom. The topological polar surface area (TPSA) is 17.8 Å². The van der Waals surface area contributed by atoms with Gasteiger partial charge in [0.25, 0.3) is 0 Å². The van der Waals surface area contributed by atoms with Gasteiger partial charge in [0, 0.05) is 11.9 Å². The molecular formula is C9H8ClF3N2. The third-order valence-electron chi connectivity index (χ3n) is 1.69. The van der Waals surface area contributed by atoms with E-state index in [4.69, 9.17) is 11.6 Å². The number of hydrogen-bond acceptors (Lipinski definition) is 1. The van der Waals surface area contributed by atoms with E-state index in [9.17, 15) is 13.2 Å². The van der Waals surface area contributed by atoms with Crippen molar-refractivity contribution < 1.29 is 13.2 Å².